The monoisotopic (exact) mass is 439 g/mol. The maximum atomic E-state index is 12.1. The van der Waals surface area contributed by atoms with Crippen LogP contribution in [0.25, 0.3) is 0 Å². The molecule has 0 spiro atoms. The van der Waals surface area contributed by atoms with Crippen LogP contribution in [0.3, 0.4) is 0 Å². The van der Waals surface area contributed by atoms with Crippen LogP contribution in [-0.2, 0) is 13.0 Å². The smallest absolute Gasteiger partial charge is 0.253 e. The van der Waals surface area contributed by atoms with Gasteiger partial charge >= 0.3 is 0 Å². The highest BCUT2D eigenvalue weighted by Gasteiger charge is 2.11. The number of amides is 1. The normalized spacial score (nSPS) is 14.3. The van der Waals surface area contributed by atoms with Crippen molar-refractivity contribution in [2.45, 2.75) is 13.0 Å². The largest absolute Gasteiger partial charge is 0.370 e. The topological polar surface area (TPSA) is 60.0 Å². The molecule has 2 N–H and O–H groups in total. The van der Waals surface area contributed by atoms with Crippen LogP contribution in [0.5, 0.6) is 0 Å². The number of anilines is 1. The molecule has 31 heavy (non-hydrogen) atoms. The highest BCUT2D eigenvalue weighted by molar-refractivity contribution is 7.99. The van der Waals surface area contributed by atoms with E-state index in [2.05, 4.69) is 44.8 Å². The van der Waals surface area contributed by atoms with E-state index in [1.807, 2.05) is 36.0 Å². The standard InChI is InChI=1S/C24H33N5OS/c1-25-24(26-12-11-19-5-4-6-21(17-19)23(30)28(2)3)27-18-20-7-9-22(10-8-20)29-13-15-31-16-14-29/h4-10,17H,11-16,18H2,1-3H3,(H2,25,26,27). The summed E-state index contributed by atoms with van der Waals surface area (Å²) >= 11 is 2.03. The number of nitrogens with zero attached hydrogens (tertiary/aromatic N) is 3. The number of hydrogen-bond donors (Lipinski definition) is 2. The number of rotatable bonds is 7. The summed E-state index contributed by atoms with van der Waals surface area (Å²) in [5.41, 5.74) is 4.38. The second-order valence-corrected chi connectivity index (χ2v) is 8.99. The lowest BCUT2D eigenvalue weighted by atomic mass is 10.1. The van der Waals surface area contributed by atoms with Gasteiger partial charge in [0.1, 0.15) is 0 Å². The van der Waals surface area contributed by atoms with Gasteiger partial charge in [-0.2, -0.15) is 11.8 Å². The first-order valence-electron chi connectivity index (χ1n) is 10.7. The fraction of sp³-hybridized carbons (Fsp3) is 0.417. The van der Waals surface area contributed by atoms with Crippen molar-refractivity contribution in [3.63, 3.8) is 0 Å². The summed E-state index contributed by atoms with van der Waals surface area (Å²) in [7, 11) is 5.32. The summed E-state index contributed by atoms with van der Waals surface area (Å²) in [6.45, 7) is 3.73. The van der Waals surface area contributed by atoms with E-state index < -0.39 is 0 Å². The number of hydrogen-bond acceptors (Lipinski definition) is 4. The molecule has 1 amide bonds. The Morgan fingerprint density at radius 3 is 2.48 bits per heavy atom. The van der Waals surface area contributed by atoms with Crippen molar-refractivity contribution in [1.29, 1.82) is 0 Å². The number of carbonyl (C=O) groups is 1. The molecule has 1 aliphatic rings. The van der Waals surface area contributed by atoms with Gasteiger partial charge in [0.25, 0.3) is 5.91 Å². The molecular formula is C24H33N5OS. The third-order valence-corrected chi connectivity index (χ3v) is 6.22. The lowest BCUT2D eigenvalue weighted by Crippen LogP contribution is -2.37. The van der Waals surface area contributed by atoms with Crippen LogP contribution >= 0.6 is 11.8 Å². The Kier molecular flexibility index (Phi) is 8.64. The molecule has 3 rings (SSSR count). The fourth-order valence-electron chi connectivity index (χ4n) is 3.50. The van der Waals surface area contributed by atoms with Crippen LogP contribution in [0.4, 0.5) is 5.69 Å². The quantitative estimate of drug-likeness (QED) is 0.513. The number of guanidine groups is 1. The van der Waals surface area contributed by atoms with Gasteiger partial charge < -0.3 is 20.4 Å². The zero-order valence-corrected chi connectivity index (χ0v) is 19.5. The molecular weight excluding hydrogens is 406 g/mol. The van der Waals surface area contributed by atoms with Crippen molar-refractivity contribution < 1.29 is 4.79 Å². The van der Waals surface area contributed by atoms with Crippen LogP contribution in [0.2, 0.25) is 0 Å². The van der Waals surface area contributed by atoms with Gasteiger partial charge in [-0.1, -0.05) is 24.3 Å². The lowest BCUT2D eigenvalue weighted by Gasteiger charge is -2.28. The molecule has 1 aliphatic heterocycles. The second kappa shape index (κ2) is 11.6. The van der Waals surface area contributed by atoms with Gasteiger partial charge in [0.05, 0.1) is 0 Å². The molecule has 0 bridgehead atoms. The van der Waals surface area contributed by atoms with Crippen LogP contribution in [-0.4, -0.2) is 69.0 Å². The van der Waals surface area contributed by atoms with Crippen molar-refractivity contribution in [3.8, 4) is 0 Å². The minimum absolute atomic E-state index is 0.0254. The lowest BCUT2D eigenvalue weighted by molar-refractivity contribution is 0.0827. The molecule has 0 atom stereocenters. The molecule has 2 aromatic rings. The van der Waals surface area contributed by atoms with Gasteiger partial charge in [-0.3, -0.25) is 9.79 Å². The number of carbonyl (C=O) groups excluding carboxylic acids is 1. The van der Waals surface area contributed by atoms with E-state index >= 15 is 0 Å². The van der Waals surface area contributed by atoms with Crippen LogP contribution < -0.4 is 15.5 Å². The molecule has 0 unspecified atom stereocenters. The molecule has 1 fully saturated rings. The summed E-state index contributed by atoms with van der Waals surface area (Å²) in [6, 6.07) is 16.6. The van der Waals surface area contributed by atoms with Crippen molar-refractivity contribution in [1.82, 2.24) is 15.5 Å². The van der Waals surface area contributed by atoms with Gasteiger partial charge in [0, 0.05) is 70.1 Å². The van der Waals surface area contributed by atoms with Gasteiger partial charge in [0.15, 0.2) is 5.96 Å². The highest BCUT2D eigenvalue weighted by atomic mass is 32.2. The molecule has 6 nitrogen and oxygen atoms in total. The first kappa shape index (κ1) is 23.0. The predicted octanol–water partition coefficient (Wildman–Crippen LogP) is 2.85. The average molecular weight is 440 g/mol. The van der Waals surface area contributed by atoms with E-state index in [-0.39, 0.29) is 5.91 Å². The van der Waals surface area contributed by atoms with E-state index in [0.29, 0.717) is 0 Å². The highest BCUT2D eigenvalue weighted by Crippen LogP contribution is 2.19. The van der Waals surface area contributed by atoms with E-state index in [0.717, 1.165) is 49.7 Å². The predicted molar refractivity (Wildman–Crippen MR) is 132 cm³/mol. The molecule has 0 aromatic heterocycles. The molecule has 0 radical (unpaired) electrons. The molecule has 7 heteroatoms. The SMILES string of the molecule is CN=C(NCCc1cccc(C(=O)N(C)C)c1)NCc1ccc(N2CCSCC2)cc1. The molecule has 1 heterocycles. The molecule has 166 valence electrons. The first-order valence-corrected chi connectivity index (χ1v) is 11.9. The molecule has 0 aliphatic carbocycles. The second-order valence-electron chi connectivity index (χ2n) is 7.77. The summed E-state index contributed by atoms with van der Waals surface area (Å²) in [4.78, 5) is 20.5. The summed E-state index contributed by atoms with van der Waals surface area (Å²) < 4.78 is 0. The van der Waals surface area contributed by atoms with Crippen molar-refractivity contribution in [2.75, 3.05) is 57.2 Å². The molecule has 1 saturated heterocycles. The fourth-order valence-corrected chi connectivity index (χ4v) is 4.40. The van der Waals surface area contributed by atoms with E-state index in [1.165, 1.54) is 22.8 Å². The summed E-state index contributed by atoms with van der Waals surface area (Å²) in [5, 5.41) is 6.73. The van der Waals surface area contributed by atoms with E-state index in [1.54, 1.807) is 26.0 Å². The summed E-state index contributed by atoms with van der Waals surface area (Å²) in [5.74, 6) is 3.22. The number of thioether (sulfide) groups is 1. The van der Waals surface area contributed by atoms with E-state index in [4.69, 9.17) is 0 Å². The average Bonchev–Trinajstić information content (AvgIpc) is 2.81. The van der Waals surface area contributed by atoms with Crippen molar-refractivity contribution >= 4 is 29.3 Å². The minimum Gasteiger partial charge on any atom is -0.370 e. The number of benzene rings is 2. The third kappa shape index (κ3) is 6.92. The third-order valence-electron chi connectivity index (χ3n) is 5.28. The van der Waals surface area contributed by atoms with Gasteiger partial charge in [0.2, 0.25) is 0 Å². The van der Waals surface area contributed by atoms with Gasteiger partial charge in [-0.15, -0.1) is 0 Å². The first-order chi connectivity index (χ1) is 15.1. The van der Waals surface area contributed by atoms with Crippen LogP contribution in [0.15, 0.2) is 53.5 Å². The van der Waals surface area contributed by atoms with Crippen molar-refractivity contribution in [2.24, 2.45) is 4.99 Å². The maximum Gasteiger partial charge on any atom is 0.253 e. The van der Waals surface area contributed by atoms with E-state index in [9.17, 15) is 4.79 Å². The Hall–Kier alpha value is -2.67. The Balaban J connectivity index is 1.45. The number of aliphatic imine (C=N–C) groups is 1. The Labute approximate surface area is 190 Å². The van der Waals surface area contributed by atoms with Crippen molar-refractivity contribution in [3.05, 3.63) is 65.2 Å². The minimum atomic E-state index is 0.0254. The Morgan fingerprint density at radius 2 is 1.81 bits per heavy atom. The van der Waals surface area contributed by atoms with Gasteiger partial charge in [-0.05, 0) is 41.8 Å². The Bertz CT molecular complexity index is 876. The number of nitrogens with one attached hydrogen (secondary N) is 2. The Morgan fingerprint density at radius 1 is 1.06 bits per heavy atom. The van der Waals surface area contributed by atoms with Crippen LogP contribution in [0.1, 0.15) is 21.5 Å². The molecule has 0 saturated carbocycles. The summed E-state index contributed by atoms with van der Waals surface area (Å²) in [6.07, 6.45) is 0.818. The molecule has 2 aromatic carbocycles. The maximum absolute atomic E-state index is 12.1. The zero-order valence-electron chi connectivity index (χ0n) is 18.7. The van der Waals surface area contributed by atoms with Gasteiger partial charge in [-0.25, -0.2) is 0 Å². The zero-order chi connectivity index (χ0) is 22.1. The van der Waals surface area contributed by atoms with Crippen LogP contribution in [0, 0.1) is 0 Å².